The number of rotatable bonds is 3. The van der Waals surface area contributed by atoms with E-state index in [1.807, 2.05) is 35.7 Å². The van der Waals surface area contributed by atoms with Gasteiger partial charge in [-0.15, -0.1) is 0 Å². The number of carbonyl (C=O) groups excluding carboxylic acids is 1. The highest BCUT2D eigenvalue weighted by Gasteiger charge is 2.21. The van der Waals surface area contributed by atoms with Crippen LogP contribution in [0, 0.1) is 6.92 Å². The minimum atomic E-state index is -0.400. The number of aromatic nitrogens is 2. The zero-order valence-corrected chi connectivity index (χ0v) is 11.4. The maximum Gasteiger partial charge on any atom is 0.250 e. The van der Waals surface area contributed by atoms with E-state index in [9.17, 15) is 4.79 Å². The van der Waals surface area contributed by atoms with E-state index in [4.69, 9.17) is 4.74 Å². The molecule has 0 bridgehead atoms. The van der Waals surface area contributed by atoms with Gasteiger partial charge in [0.25, 0.3) is 5.91 Å². The highest BCUT2D eigenvalue weighted by Crippen LogP contribution is 2.08. The number of nitrogens with one attached hydrogen (secondary N) is 2. The van der Waals surface area contributed by atoms with Crippen molar-refractivity contribution in [3.05, 3.63) is 35.8 Å². The van der Waals surface area contributed by atoms with Gasteiger partial charge in [0.15, 0.2) is 0 Å². The summed E-state index contributed by atoms with van der Waals surface area (Å²) in [4.78, 5) is 16.4. The van der Waals surface area contributed by atoms with E-state index in [0.29, 0.717) is 19.7 Å². The minimum Gasteiger partial charge on any atom is -0.366 e. The number of pyridine rings is 1. The van der Waals surface area contributed by atoms with E-state index in [-0.39, 0.29) is 5.91 Å². The van der Waals surface area contributed by atoms with Crippen LogP contribution in [0.1, 0.15) is 11.4 Å². The van der Waals surface area contributed by atoms with Crippen molar-refractivity contribution >= 4 is 11.6 Å². The molecule has 1 aliphatic heterocycles. The normalized spacial score (nSPS) is 19.1. The average molecular weight is 274 g/mol. The van der Waals surface area contributed by atoms with Crippen molar-refractivity contribution in [1.82, 2.24) is 20.0 Å². The van der Waals surface area contributed by atoms with E-state index in [1.54, 1.807) is 0 Å². The van der Waals surface area contributed by atoms with Gasteiger partial charge in [0.2, 0.25) is 0 Å². The summed E-state index contributed by atoms with van der Waals surface area (Å²) in [5.74, 6) is -0.0917. The Balaban J connectivity index is 1.64. The van der Waals surface area contributed by atoms with E-state index < -0.39 is 6.10 Å². The number of morpholine rings is 1. The van der Waals surface area contributed by atoms with Crippen molar-refractivity contribution in [2.75, 3.05) is 19.7 Å². The third-order valence-corrected chi connectivity index (χ3v) is 3.41. The van der Waals surface area contributed by atoms with Crippen LogP contribution in [-0.2, 0) is 16.1 Å². The molecule has 6 nitrogen and oxygen atoms in total. The van der Waals surface area contributed by atoms with Gasteiger partial charge in [-0.05, 0) is 19.1 Å². The molecule has 6 heteroatoms. The maximum absolute atomic E-state index is 11.9. The molecular formula is C14H18N4O2. The molecule has 20 heavy (non-hydrogen) atoms. The zero-order chi connectivity index (χ0) is 13.9. The summed E-state index contributed by atoms with van der Waals surface area (Å²) in [5, 5.41) is 6.01. The number of fused-ring (bicyclic) bond motifs is 1. The number of hydrogen-bond donors (Lipinski definition) is 2. The fourth-order valence-electron chi connectivity index (χ4n) is 2.31. The number of imidazole rings is 1. The fourth-order valence-corrected chi connectivity index (χ4v) is 2.31. The number of aryl methyl sites for hydroxylation is 1. The third kappa shape index (κ3) is 2.66. The van der Waals surface area contributed by atoms with Gasteiger partial charge < -0.3 is 19.8 Å². The lowest BCUT2D eigenvalue weighted by molar-refractivity contribution is -0.134. The molecule has 1 amide bonds. The van der Waals surface area contributed by atoms with Crippen LogP contribution in [0.2, 0.25) is 0 Å². The molecule has 2 N–H and O–H groups in total. The van der Waals surface area contributed by atoms with Crippen molar-refractivity contribution in [1.29, 1.82) is 0 Å². The maximum atomic E-state index is 11.9. The van der Waals surface area contributed by atoms with Gasteiger partial charge in [0.05, 0.1) is 18.8 Å². The van der Waals surface area contributed by atoms with Crippen LogP contribution in [0.4, 0.5) is 0 Å². The molecule has 2 aromatic heterocycles. The Morgan fingerprint density at radius 3 is 3.25 bits per heavy atom. The lowest BCUT2D eigenvalue weighted by Crippen LogP contribution is -2.47. The van der Waals surface area contributed by atoms with Gasteiger partial charge >= 0.3 is 0 Å². The second-order valence-corrected chi connectivity index (χ2v) is 4.91. The summed E-state index contributed by atoms with van der Waals surface area (Å²) in [5.41, 5.74) is 2.86. The molecule has 0 aliphatic carbocycles. The summed E-state index contributed by atoms with van der Waals surface area (Å²) in [7, 11) is 0. The summed E-state index contributed by atoms with van der Waals surface area (Å²) >= 11 is 0. The van der Waals surface area contributed by atoms with Gasteiger partial charge in [0.1, 0.15) is 11.8 Å². The summed E-state index contributed by atoms with van der Waals surface area (Å²) in [6.07, 6.45) is 1.55. The Hall–Kier alpha value is -1.92. The van der Waals surface area contributed by atoms with E-state index >= 15 is 0 Å². The monoisotopic (exact) mass is 274 g/mol. The molecule has 1 fully saturated rings. The first-order chi connectivity index (χ1) is 9.74. The topological polar surface area (TPSA) is 67.7 Å². The van der Waals surface area contributed by atoms with Crippen LogP contribution in [0.15, 0.2) is 24.4 Å². The second-order valence-electron chi connectivity index (χ2n) is 4.91. The number of hydrogen-bond acceptors (Lipinski definition) is 4. The van der Waals surface area contributed by atoms with Crippen LogP contribution >= 0.6 is 0 Å². The summed E-state index contributed by atoms with van der Waals surface area (Å²) in [6, 6.07) is 5.95. The van der Waals surface area contributed by atoms with E-state index in [2.05, 4.69) is 15.6 Å². The molecular weight excluding hydrogens is 256 g/mol. The molecule has 1 saturated heterocycles. The standard InChI is InChI=1S/C14H18N4O2/c1-10-3-2-4-13-17-11(9-18(10)13)7-16-14(19)12-8-15-5-6-20-12/h2-4,9,12,15H,5-8H2,1H3,(H,16,19). The first-order valence-corrected chi connectivity index (χ1v) is 6.77. The summed E-state index contributed by atoms with van der Waals surface area (Å²) < 4.78 is 7.42. The zero-order valence-electron chi connectivity index (χ0n) is 11.4. The van der Waals surface area contributed by atoms with Crippen LogP contribution in [0.3, 0.4) is 0 Å². The van der Waals surface area contributed by atoms with Crippen LogP contribution in [-0.4, -0.2) is 41.1 Å². The molecule has 1 atom stereocenters. The predicted octanol–water partition coefficient (Wildman–Crippen LogP) is 0.247. The Kier molecular flexibility index (Phi) is 3.66. The predicted molar refractivity (Wildman–Crippen MR) is 74.4 cm³/mol. The quantitative estimate of drug-likeness (QED) is 0.842. The van der Waals surface area contributed by atoms with Crippen molar-refractivity contribution in [2.24, 2.45) is 0 Å². The number of ether oxygens (including phenoxy) is 1. The Morgan fingerprint density at radius 1 is 1.60 bits per heavy atom. The Bertz CT molecular complexity index is 617. The lowest BCUT2D eigenvalue weighted by Gasteiger charge is -2.22. The van der Waals surface area contributed by atoms with Crippen LogP contribution in [0.5, 0.6) is 0 Å². The molecule has 3 rings (SSSR count). The molecule has 0 saturated carbocycles. The highest BCUT2D eigenvalue weighted by molar-refractivity contribution is 5.81. The van der Waals surface area contributed by atoms with Crippen LogP contribution < -0.4 is 10.6 Å². The van der Waals surface area contributed by atoms with Crippen molar-refractivity contribution < 1.29 is 9.53 Å². The van der Waals surface area contributed by atoms with Crippen molar-refractivity contribution in [3.8, 4) is 0 Å². The molecule has 0 spiro atoms. The molecule has 1 unspecified atom stereocenters. The first kappa shape index (κ1) is 13.1. The SMILES string of the molecule is Cc1cccc2nc(CNC(=O)C3CNCCO3)cn12. The molecule has 106 valence electrons. The molecule has 2 aromatic rings. The van der Waals surface area contributed by atoms with Gasteiger partial charge in [-0.1, -0.05) is 6.07 Å². The van der Waals surface area contributed by atoms with Crippen molar-refractivity contribution in [2.45, 2.75) is 19.6 Å². The van der Waals surface area contributed by atoms with Gasteiger partial charge in [-0.25, -0.2) is 4.98 Å². The fraction of sp³-hybridized carbons (Fsp3) is 0.429. The lowest BCUT2D eigenvalue weighted by atomic mass is 10.3. The van der Waals surface area contributed by atoms with Crippen molar-refractivity contribution in [3.63, 3.8) is 0 Å². The highest BCUT2D eigenvalue weighted by atomic mass is 16.5. The molecule has 3 heterocycles. The number of nitrogens with zero attached hydrogens (tertiary/aromatic N) is 2. The third-order valence-electron chi connectivity index (χ3n) is 3.41. The van der Waals surface area contributed by atoms with Gasteiger partial charge in [-0.2, -0.15) is 0 Å². The number of carbonyl (C=O) groups is 1. The van der Waals surface area contributed by atoms with Gasteiger partial charge in [-0.3, -0.25) is 4.79 Å². The van der Waals surface area contributed by atoms with E-state index in [0.717, 1.165) is 23.6 Å². The number of amides is 1. The molecule has 0 radical (unpaired) electrons. The molecule has 1 aliphatic rings. The largest absolute Gasteiger partial charge is 0.366 e. The Labute approximate surface area is 117 Å². The Morgan fingerprint density at radius 2 is 2.50 bits per heavy atom. The van der Waals surface area contributed by atoms with Crippen LogP contribution in [0.25, 0.3) is 5.65 Å². The summed E-state index contributed by atoms with van der Waals surface area (Å²) in [6.45, 7) is 4.38. The van der Waals surface area contributed by atoms with Gasteiger partial charge in [0, 0.05) is 25.0 Å². The first-order valence-electron chi connectivity index (χ1n) is 6.77. The van der Waals surface area contributed by atoms with E-state index in [1.165, 1.54) is 0 Å². The molecule has 0 aromatic carbocycles. The average Bonchev–Trinajstić information content (AvgIpc) is 2.90. The minimum absolute atomic E-state index is 0.0917. The second kappa shape index (κ2) is 5.60. The smallest absolute Gasteiger partial charge is 0.250 e.